The molecule has 1 heterocycles. The molecule has 0 unspecified atom stereocenters. The second-order valence-electron chi connectivity index (χ2n) is 5.27. The largest absolute Gasteiger partial charge is 0.453 e. The number of halogens is 3. The van der Waals surface area contributed by atoms with Gasteiger partial charge in [-0.1, -0.05) is 31.0 Å². The second kappa shape index (κ2) is 7.21. The maximum Gasteiger partial charge on any atom is 0.453 e. The molecule has 22 heavy (non-hydrogen) atoms. The summed E-state index contributed by atoms with van der Waals surface area (Å²) >= 11 is 0.831. The Morgan fingerprint density at radius 1 is 1.32 bits per heavy atom. The summed E-state index contributed by atoms with van der Waals surface area (Å²) in [5, 5.41) is 9.01. The Morgan fingerprint density at radius 3 is 2.59 bits per heavy atom. The minimum Gasteiger partial charge on any atom is -0.355 e. The Kier molecular flexibility index (Phi) is 5.54. The van der Waals surface area contributed by atoms with E-state index in [9.17, 15) is 18.0 Å². The van der Waals surface area contributed by atoms with Gasteiger partial charge in [0.25, 0.3) is 5.82 Å². The molecule has 1 aromatic rings. The zero-order valence-corrected chi connectivity index (χ0v) is 12.7. The third-order valence-corrected chi connectivity index (χ3v) is 4.51. The molecule has 1 amide bonds. The molecule has 0 bridgehead atoms. The number of carbonyl (C=O) groups excluding carboxylic acids is 1. The van der Waals surface area contributed by atoms with Crippen molar-refractivity contribution in [3.05, 3.63) is 5.82 Å². The highest BCUT2D eigenvalue weighted by Gasteiger charge is 2.38. The molecule has 1 saturated carbocycles. The number of hydrogen-bond donors (Lipinski definition) is 2. The Labute approximate surface area is 130 Å². The van der Waals surface area contributed by atoms with E-state index < -0.39 is 12.0 Å². The van der Waals surface area contributed by atoms with Gasteiger partial charge in [0, 0.05) is 6.54 Å². The van der Waals surface area contributed by atoms with E-state index >= 15 is 0 Å². The molecule has 0 aromatic carbocycles. The van der Waals surface area contributed by atoms with Crippen molar-refractivity contribution >= 4 is 17.7 Å². The van der Waals surface area contributed by atoms with Gasteiger partial charge >= 0.3 is 6.18 Å². The van der Waals surface area contributed by atoms with Crippen molar-refractivity contribution in [3.8, 4) is 0 Å². The summed E-state index contributed by atoms with van der Waals surface area (Å²) in [6, 6.07) is 0. The Hall–Kier alpha value is -1.45. The number of nitrogen functional groups attached to an aromatic ring is 1. The van der Waals surface area contributed by atoms with Gasteiger partial charge in [0.2, 0.25) is 11.1 Å². The Bertz CT molecular complexity index is 513. The predicted molar refractivity (Wildman–Crippen MR) is 75.5 cm³/mol. The fraction of sp³-hybridized carbons (Fsp3) is 0.750. The predicted octanol–water partition coefficient (Wildman–Crippen LogP) is 1.80. The summed E-state index contributed by atoms with van der Waals surface area (Å²) < 4.78 is 37.8. The van der Waals surface area contributed by atoms with Gasteiger partial charge in [-0.15, -0.1) is 10.2 Å². The molecule has 1 aromatic heterocycles. The van der Waals surface area contributed by atoms with Crippen LogP contribution in [-0.4, -0.2) is 33.1 Å². The average Bonchev–Trinajstić information content (AvgIpc) is 2.85. The standard InChI is InChI=1S/C12H18F3N5OS/c13-12(14,15)10-18-19-11(20(10)16)22-7-9(21)17-6-8-4-2-1-3-5-8/h8H,1-7,16H2,(H,17,21). The molecule has 0 spiro atoms. The number of aromatic nitrogens is 3. The Morgan fingerprint density at radius 2 is 2.00 bits per heavy atom. The van der Waals surface area contributed by atoms with Crippen LogP contribution in [0.4, 0.5) is 13.2 Å². The quantitative estimate of drug-likeness (QED) is 0.632. The monoisotopic (exact) mass is 337 g/mol. The van der Waals surface area contributed by atoms with Crippen LogP contribution < -0.4 is 11.2 Å². The first kappa shape index (κ1) is 16.9. The molecular formula is C12H18F3N5OS. The number of alkyl halides is 3. The lowest BCUT2D eigenvalue weighted by atomic mass is 9.89. The highest BCUT2D eigenvalue weighted by atomic mass is 32.2. The van der Waals surface area contributed by atoms with Crippen molar-refractivity contribution in [2.45, 2.75) is 43.4 Å². The minimum absolute atomic E-state index is 0.0418. The van der Waals surface area contributed by atoms with Gasteiger partial charge in [-0.05, 0) is 18.8 Å². The molecule has 0 aliphatic heterocycles. The number of nitrogens with one attached hydrogen (secondary N) is 1. The molecule has 124 valence electrons. The summed E-state index contributed by atoms with van der Waals surface area (Å²) in [5.74, 6) is 4.22. The van der Waals surface area contributed by atoms with Gasteiger partial charge in [0.1, 0.15) is 0 Å². The van der Waals surface area contributed by atoms with Crippen LogP contribution in [0.5, 0.6) is 0 Å². The van der Waals surface area contributed by atoms with Crippen molar-refractivity contribution in [2.24, 2.45) is 5.92 Å². The van der Waals surface area contributed by atoms with E-state index in [1.165, 1.54) is 19.3 Å². The van der Waals surface area contributed by atoms with Crippen LogP contribution in [0, 0.1) is 5.92 Å². The van der Waals surface area contributed by atoms with E-state index in [1.807, 2.05) is 0 Å². The summed E-state index contributed by atoms with van der Waals surface area (Å²) in [4.78, 5) is 11.7. The normalized spacial score (nSPS) is 16.7. The van der Waals surface area contributed by atoms with Crippen LogP contribution in [0.25, 0.3) is 0 Å². The van der Waals surface area contributed by atoms with E-state index in [4.69, 9.17) is 5.84 Å². The van der Waals surface area contributed by atoms with Crippen LogP contribution in [0.15, 0.2) is 5.16 Å². The van der Waals surface area contributed by atoms with Gasteiger partial charge in [-0.3, -0.25) is 4.79 Å². The van der Waals surface area contributed by atoms with Gasteiger partial charge in [-0.25, -0.2) is 4.68 Å². The lowest BCUT2D eigenvalue weighted by Crippen LogP contribution is -2.31. The maximum atomic E-state index is 12.5. The molecule has 1 aliphatic carbocycles. The van der Waals surface area contributed by atoms with Gasteiger partial charge in [-0.2, -0.15) is 13.2 Å². The van der Waals surface area contributed by atoms with Crippen molar-refractivity contribution in [3.63, 3.8) is 0 Å². The number of thioether (sulfide) groups is 1. The third-order valence-electron chi connectivity index (χ3n) is 3.56. The number of hydrogen-bond acceptors (Lipinski definition) is 5. The van der Waals surface area contributed by atoms with Crippen molar-refractivity contribution in [1.82, 2.24) is 20.2 Å². The summed E-state index contributed by atoms with van der Waals surface area (Å²) in [5.41, 5.74) is 0. The first-order chi connectivity index (χ1) is 10.4. The second-order valence-corrected chi connectivity index (χ2v) is 6.21. The zero-order chi connectivity index (χ0) is 16.2. The van der Waals surface area contributed by atoms with Crippen LogP contribution >= 0.6 is 11.8 Å². The van der Waals surface area contributed by atoms with E-state index in [1.54, 1.807) is 0 Å². The topological polar surface area (TPSA) is 85.8 Å². The summed E-state index contributed by atoms with van der Waals surface area (Å²) in [7, 11) is 0. The fourth-order valence-electron chi connectivity index (χ4n) is 2.40. The molecule has 0 saturated heterocycles. The first-order valence-electron chi connectivity index (χ1n) is 7.05. The number of amides is 1. The number of nitrogens with zero attached hydrogens (tertiary/aromatic N) is 3. The van der Waals surface area contributed by atoms with Crippen molar-refractivity contribution in [2.75, 3.05) is 18.1 Å². The molecule has 1 fully saturated rings. The van der Waals surface area contributed by atoms with E-state index in [0.717, 1.165) is 24.6 Å². The molecule has 6 nitrogen and oxygen atoms in total. The van der Waals surface area contributed by atoms with Gasteiger partial charge in [0.05, 0.1) is 5.75 Å². The highest BCUT2D eigenvalue weighted by Crippen LogP contribution is 2.28. The van der Waals surface area contributed by atoms with Crippen molar-refractivity contribution in [1.29, 1.82) is 0 Å². The van der Waals surface area contributed by atoms with E-state index in [2.05, 4.69) is 15.5 Å². The lowest BCUT2D eigenvalue weighted by Gasteiger charge is -2.21. The van der Waals surface area contributed by atoms with E-state index in [0.29, 0.717) is 17.1 Å². The highest BCUT2D eigenvalue weighted by molar-refractivity contribution is 7.99. The zero-order valence-electron chi connectivity index (χ0n) is 11.9. The molecular weight excluding hydrogens is 319 g/mol. The maximum absolute atomic E-state index is 12.5. The van der Waals surface area contributed by atoms with Crippen LogP contribution in [0.3, 0.4) is 0 Å². The SMILES string of the molecule is Nn1c(SCC(=O)NCC2CCCCC2)nnc1C(F)(F)F. The fourth-order valence-corrected chi connectivity index (χ4v) is 3.09. The molecule has 10 heteroatoms. The average molecular weight is 337 g/mol. The van der Waals surface area contributed by atoms with E-state index in [-0.39, 0.29) is 16.8 Å². The summed E-state index contributed by atoms with van der Waals surface area (Å²) in [6.45, 7) is 0.614. The molecule has 0 atom stereocenters. The van der Waals surface area contributed by atoms with Crippen LogP contribution in [0.1, 0.15) is 37.9 Å². The van der Waals surface area contributed by atoms with Crippen LogP contribution in [0.2, 0.25) is 0 Å². The number of nitrogens with two attached hydrogens (primary N) is 1. The smallest absolute Gasteiger partial charge is 0.355 e. The molecule has 3 N–H and O–H groups in total. The minimum atomic E-state index is -4.66. The third kappa shape index (κ3) is 4.52. The lowest BCUT2D eigenvalue weighted by molar-refractivity contribution is -0.146. The molecule has 2 rings (SSSR count). The number of carbonyl (C=O) groups is 1. The van der Waals surface area contributed by atoms with Crippen molar-refractivity contribution < 1.29 is 18.0 Å². The molecule has 1 aliphatic rings. The summed E-state index contributed by atoms with van der Waals surface area (Å²) in [6.07, 6.45) is 1.17. The van der Waals surface area contributed by atoms with Gasteiger partial charge in [0.15, 0.2) is 0 Å². The first-order valence-corrected chi connectivity index (χ1v) is 8.03. The Balaban J connectivity index is 1.77. The van der Waals surface area contributed by atoms with Gasteiger partial charge < -0.3 is 11.2 Å². The number of rotatable bonds is 5. The molecule has 0 radical (unpaired) electrons. The van der Waals surface area contributed by atoms with Crippen LogP contribution in [-0.2, 0) is 11.0 Å².